The van der Waals surface area contributed by atoms with Gasteiger partial charge in [-0.2, -0.15) is 0 Å². The summed E-state index contributed by atoms with van der Waals surface area (Å²) in [6, 6.07) is 0.508. The molecule has 0 aromatic rings. The Bertz CT molecular complexity index is 106. The quantitative estimate of drug-likeness (QED) is 0.590. The van der Waals surface area contributed by atoms with Gasteiger partial charge < -0.3 is 15.3 Å². The predicted molar refractivity (Wildman–Crippen MR) is 45.6 cm³/mol. The van der Waals surface area contributed by atoms with Crippen LogP contribution in [0.4, 0.5) is 0 Å². The maximum Gasteiger partial charge on any atom is 0.0446 e. The van der Waals surface area contributed by atoms with Crippen molar-refractivity contribution in [2.45, 2.75) is 19.4 Å². The van der Waals surface area contributed by atoms with Gasteiger partial charge in [0.15, 0.2) is 0 Å². The number of hydrogen-bond donors (Lipinski definition) is 2. The van der Waals surface area contributed by atoms with Crippen LogP contribution < -0.4 is 5.32 Å². The number of nitrogens with zero attached hydrogens (tertiary/aromatic N) is 1. The third kappa shape index (κ3) is 2.77. The van der Waals surface area contributed by atoms with Gasteiger partial charge in [0.2, 0.25) is 0 Å². The van der Waals surface area contributed by atoms with E-state index in [1.54, 1.807) is 0 Å². The maximum absolute atomic E-state index is 8.72. The Labute approximate surface area is 68.4 Å². The summed E-state index contributed by atoms with van der Waals surface area (Å²) in [5.41, 5.74) is 0. The van der Waals surface area contributed by atoms with Crippen LogP contribution in [0.1, 0.15) is 13.3 Å². The molecule has 1 aliphatic heterocycles. The van der Waals surface area contributed by atoms with Gasteiger partial charge in [-0.05, 0) is 13.0 Å². The molecule has 11 heavy (non-hydrogen) atoms. The lowest BCUT2D eigenvalue weighted by molar-refractivity contribution is 0.179. The molecule has 1 atom stereocenters. The third-order valence-corrected chi connectivity index (χ3v) is 2.26. The second-order valence-corrected chi connectivity index (χ2v) is 3.06. The van der Waals surface area contributed by atoms with E-state index < -0.39 is 0 Å². The van der Waals surface area contributed by atoms with Crippen LogP contribution >= 0.6 is 0 Å². The first-order valence-corrected chi connectivity index (χ1v) is 4.43. The van der Waals surface area contributed by atoms with E-state index in [0.717, 1.165) is 32.6 Å². The molecular weight excluding hydrogens is 140 g/mol. The molecule has 66 valence electrons. The largest absolute Gasteiger partial charge is 0.396 e. The van der Waals surface area contributed by atoms with Gasteiger partial charge in [-0.15, -0.1) is 0 Å². The van der Waals surface area contributed by atoms with E-state index in [4.69, 9.17) is 5.11 Å². The predicted octanol–water partition coefficient (Wildman–Crippen LogP) is -0.337. The molecule has 1 heterocycles. The van der Waals surface area contributed by atoms with E-state index >= 15 is 0 Å². The van der Waals surface area contributed by atoms with Crippen LogP contribution in [-0.4, -0.2) is 48.8 Å². The van der Waals surface area contributed by atoms with Crippen molar-refractivity contribution in [1.82, 2.24) is 10.2 Å². The number of aliphatic hydroxyl groups is 1. The fourth-order valence-corrected chi connectivity index (χ4v) is 1.53. The Morgan fingerprint density at radius 2 is 2.45 bits per heavy atom. The molecule has 0 aromatic carbocycles. The molecule has 0 aliphatic carbocycles. The Hall–Kier alpha value is -0.120. The lowest BCUT2D eigenvalue weighted by Crippen LogP contribution is -2.50. The lowest BCUT2D eigenvalue weighted by atomic mass is 10.1. The fraction of sp³-hybridized carbons (Fsp3) is 1.00. The van der Waals surface area contributed by atoms with Crippen molar-refractivity contribution < 1.29 is 5.11 Å². The fourth-order valence-electron chi connectivity index (χ4n) is 1.53. The zero-order valence-corrected chi connectivity index (χ0v) is 7.21. The first-order chi connectivity index (χ1) is 5.36. The summed E-state index contributed by atoms with van der Waals surface area (Å²) in [6.07, 6.45) is 0.885. The number of rotatable bonds is 3. The summed E-state index contributed by atoms with van der Waals surface area (Å²) in [5.74, 6) is 0. The summed E-state index contributed by atoms with van der Waals surface area (Å²) in [5, 5.41) is 12.1. The molecule has 2 N–H and O–H groups in total. The van der Waals surface area contributed by atoms with Gasteiger partial charge in [-0.1, -0.05) is 6.92 Å². The molecule has 3 heteroatoms. The molecule has 0 aromatic heterocycles. The second kappa shape index (κ2) is 4.70. The summed E-state index contributed by atoms with van der Waals surface area (Å²) in [7, 11) is 0. The highest BCUT2D eigenvalue weighted by Crippen LogP contribution is 2.00. The molecule has 0 bridgehead atoms. The molecule has 0 spiro atoms. The average molecular weight is 158 g/mol. The minimum atomic E-state index is 0.301. The molecule has 1 aliphatic rings. The van der Waals surface area contributed by atoms with Gasteiger partial charge in [0.1, 0.15) is 0 Å². The number of hydrogen-bond acceptors (Lipinski definition) is 3. The summed E-state index contributed by atoms with van der Waals surface area (Å²) in [6.45, 7) is 6.92. The average Bonchev–Trinajstić information content (AvgIpc) is 2.06. The molecule has 1 rings (SSSR count). The molecule has 0 saturated carbocycles. The first-order valence-electron chi connectivity index (χ1n) is 4.43. The van der Waals surface area contributed by atoms with Crippen LogP contribution in [0, 0.1) is 0 Å². The van der Waals surface area contributed by atoms with E-state index in [9.17, 15) is 0 Å². The smallest absolute Gasteiger partial charge is 0.0446 e. The molecule has 1 saturated heterocycles. The topological polar surface area (TPSA) is 35.5 Å². The number of piperazine rings is 1. The zero-order chi connectivity index (χ0) is 8.10. The number of nitrogens with one attached hydrogen (secondary N) is 1. The van der Waals surface area contributed by atoms with Crippen molar-refractivity contribution in [3.8, 4) is 0 Å². The molecule has 3 nitrogen and oxygen atoms in total. The minimum Gasteiger partial charge on any atom is -0.396 e. The van der Waals surface area contributed by atoms with Crippen LogP contribution in [0.15, 0.2) is 0 Å². The van der Waals surface area contributed by atoms with Gasteiger partial charge in [0.25, 0.3) is 0 Å². The third-order valence-electron chi connectivity index (χ3n) is 2.26. The van der Waals surface area contributed by atoms with E-state index in [1.165, 1.54) is 0 Å². The van der Waals surface area contributed by atoms with Crippen molar-refractivity contribution in [2.75, 3.05) is 32.8 Å². The SMILES string of the molecule is CCN1CCNC(CCO)C1. The van der Waals surface area contributed by atoms with Gasteiger partial charge in [-0.3, -0.25) is 0 Å². The van der Waals surface area contributed by atoms with Gasteiger partial charge >= 0.3 is 0 Å². The van der Waals surface area contributed by atoms with Crippen LogP contribution in [0.2, 0.25) is 0 Å². The monoisotopic (exact) mass is 158 g/mol. The van der Waals surface area contributed by atoms with E-state index in [-0.39, 0.29) is 0 Å². The second-order valence-electron chi connectivity index (χ2n) is 3.06. The van der Waals surface area contributed by atoms with Gasteiger partial charge in [-0.25, -0.2) is 0 Å². The lowest BCUT2D eigenvalue weighted by Gasteiger charge is -2.32. The van der Waals surface area contributed by atoms with Gasteiger partial charge in [0.05, 0.1) is 0 Å². The summed E-state index contributed by atoms with van der Waals surface area (Å²) < 4.78 is 0. The Kier molecular flexibility index (Phi) is 3.83. The van der Waals surface area contributed by atoms with Crippen LogP contribution in [0.5, 0.6) is 0 Å². The highest BCUT2D eigenvalue weighted by atomic mass is 16.3. The molecule has 1 fully saturated rings. The normalized spacial score (nSPS) is 27.3. The molecule has 0 radical (unpaired) electrons. The van der Waals surface area contributed by atoms with Crippen LogP contribution in [0.25, 0.3) is 0 Å². The number of likely N-dealkylation sites (N-methyl/N-ethyl adjacent to an activating group) is 1. The number of aliphatic hydroxyl groups excluding tert-OH is 1. The van der Waals surface area contributed by atoms with Crippen LogP contribution in [-0.2, 0) is 0 Å². The van der Waals surface area contributed by atoms with Crippen molar-refractivity contribution in [3.05, 3.63) is 0 Å². The Morgan fingerprint density at radius 1 is 1.64 bits per heavy atom. The van der Waals surface area contributed by atoms with Gasteiger partial charge in [0, 0.05) is 32.3 Å². The Balaban J connectivity index is 2.21. The highest BCUT2D eigenvalue weighted by Gasteiger charge is 2.16. The molecule has 1 unspecified atom stereocenters. The minimum absolute atomic E-state index is 0.301. The summed E-state index contributed by atoms with van der Waals surface area (Å²) in [4.78, 5) is 2.41. The molecule has 0 amide bonds. The van der Waals surface area contributed by atoms with Crippen molar-refractivity contribution in [2.24, 2.45) is 0 Å². The maximum atomic E-state index is 8.72. The standard InChI is InChI=1S/C8H18N2O/c1-2-10-5-4-9-8(7-10)3-6-11/h8-9,11H,2-7H2,1H3. The van der Waals surface area contributed by atoms with Crippen molar-refractivity contribution in [3.63, 3.8) is 0 Å². The van der Waals surface area contributed by atoms with E-state index in [2.05, 4.69) is 17.1 Å². The van der Waals surface area contributed by atoms with Crippen molar-refractivity contribution in [1.29, 1.82) is 0 Å². The summed E-state index contributed by atoms with van der Waals surface area (Å²) >= 11 is 0. The highest BCUT2D eigenvalue weighted by molar-refractivity contribution is 4.77. The van der Waals surface area contributed by atoms with E-state index in [0.29, 0.717) is 12.6 Å². The molecular formula is C8H18N2O. The first kappa shape index (κ1) is 8.97. The van der Waals surface area contributed by atoms with Crippen LogP contribution in [0.3, 0.4) is 0 Å². The Morgan fingerprint density at radius 3 is 3.09 bits per heavy atom. The van der Waals surface area contributed by atoms with Crippen molar-refractivity contribution >= 4 is 0 Å². The van der Waals surface area contributed by atoms with E-state index in [1.807, 2.05) is 0 Å². The zero-order valence-electron chi connectivity index (χ0n) is 7.21.